The molecule has 2 aliphatic rings. The Hall–Kier alpha value is -2.42. The first-order valence-corrected chi connectivity index (χ1v) is 9.30. The van der Waals surface area contributed by atoms with Crippen LogP contribution in [0.2, 0.25) is 0 Å². The fourth-order valence-corrected chi connectivity index (χ4v) is 3.76. The second-order valence-electron chi connectivity index (χ2n) is 6.97. The molecule has 1 fully saturated rings. The van der Waals surface area contributed by atoms with Gasteiger partial charge in [-0.25, -0.2) is 0 Å². The van der Waals surface area contributed by atoms with Crippen LogP contribution >= 0.6 is 12.2 Å². The molecule has 0 radical (unpaired) electrons. The number of nitrogens with one attached hydrogen (secondary N) is 1. The van der Waals surface area contributed by atoms with Gasteiger partial charge in [-0.05, 0) is 49.7 Å². The summed E-state index contributed by atoms with van der Waals surface area (Å²) in [5.41, 5.74) is 2.04. The Balaban J connectivity index is 2.05. The van der Waals surface area contributed by atoms with E-state index < -0.39 is 12.7 Å². The maximum atomic E-state index is 13.0. The topological polar surface area (TPSA) is 54.0 Å². The van der Waals surface area contributed by atoms with Crippen molar-refractivity contribution in [1.82, 2.24) is 15.1 Å². The first kappa shape index (κ1) is 20.3. The summed E-state index contributed by atoms with van der Waals surface area (Å²) < 4.78 is 34.9. The van der Waals surface area contributed by atoms with Crippen LogP contribution in [0.15, 0.2) is 29.5 Å². The van der Waals surface area contributed by atoms with E-state index in [2.05, 4.69) is 10.1 Å². The van der Waals surface area contributed by atoms with Gasteiger partial charge in [0.1, 0.15) is 0 Å². The molecule has 1 aromatic carbocycles. The molecule has 1 aliphatic heterocycles. The van der Waals surface area contributed by atoms with Gasteiger partial charge in [-0.2, -0.15) is 8.78 Å². The average molecular weight is 411 g/mol. The zero-order valence-electron chi connectivity index (χ0n) is 16.2. The van der Waals surface area contributed by atoms with E-state index in [9.17, 15) is 13.6 Å². The highest BCUT2D eigenvalue weighted by atomic mass is 32.1. The number of amides is 1. The summed E-state index contributed by atoms with van der Waals surface area (Å²) in [6, 6.07) is 4.41. The Bertz CT molecular complexity index is 825. The van der Waals surface area contributed by atoms with Gasteiger partial charge in [0.05, 0.1) is 18.7 Å². The van der Waals surface area contributed by atoms with Gasteiger partial charge in [0, 0.05) is 25.8 Å². The third kappa shape index (κ3) is 3.89. The third-order valence-electron chi connectivity index (χ3n) is 4.81. The fourth-order valence-electron chi connectivity index (χ4n) is 3.35. The summed E-state index contributed by atoms with van der Waals surface area (Å²) in [7, 11) is 4.75. The Kier molecular flexibility index (Phi) is 5.74. The minimum Gasteiger partial charge on any atom is -0.493 e. The van der Waals surface area contributed by atoms with Crippen LogP contribution in [0.3, 0.4) is 0 Å². The lowest BCUT2D eigenvalue weighted by Gasteiger charge is -2.38. The predicted molar refractivity (Wildman–Crippen MR) is 104 cm³/mol. The summed E-state index contributed by atoms with van der Waals surface area (Å²) in [6.07, 6.45) is 2.06. The van der Waals surface area contributed by atoms with Crippen LogP contribution in [0.25, 0.3) is 0 Å². The van der Waals surface area contributed by atoms with Gasteiger partial charge in [0.15, 0.2) is 16.6 Å². The highest BCUT2D eigenvalue weighted by Crippen LogP contribution is 2.40. The van der Waals surface area contributed by atoms with Gasteiger partial charge < -0.3 is 24.6 Å². The Labute approximate surface area is 168 Å². The molecule has 152 valence electrons. The lowest BCUT2D eigenvalue weighted by Crippen LogP contribution is -2.49. The number of alkyl halides is 2. The maximum absolute atomic E-state index is 13.0. The van der Waals surface area contributed by atoms with Gasteiger partial charge in [-0.1, -0.05) is 6.07 Å². The Morgan fingerprint density at radius 2 is 2.00 bits per heavy atom. The lowest BCUT2D eigenvalue weighted by atomic mass is 9.93. The van der Waals surface area contributed by atoms with Crippen LogP contribution in [-0.4, -0.2) is 54.7 Å². The number of likely N-dealkylation sites (N-methyl/N-ethyl adjacent to an activating group) is 1. The van der Waals surface area contributed by atoms with Crippen molar-refractivity contribution in [2.24, 2.45) is 0 Å². The molecule has 0 saturated heterocycles. The predicted octanol–water partition coefficient (Wildman–Crippen LogP) is 3.05. The number of ether oxygens (including phenoxy) is 2. The average Bonchev–Trinajstić information content (AvgIpc) is 3.45. The molecule has 28 heavy (non-hydrogen) atoms. The van der Waals surface area contributed by atoms with Crippen LogP contribution in [0.1, 0.15) is 31.4 Å². The number of thiocarbonyl (C=S) groups is 1. The summed E-state index contributed by atoms with van der Waals surface area (Å²) in [4.78, 5) is 16.5. The molecule has 0 bridgehead atoms. The molecule has 1 saturated carbocycles. The summed E-state index contributed by atoms with van der Waals surface area (Å²) in [6.45, 7) is -1.07. The molecule has 1 unspecified atom stereocenters. The molecule has 1 aromatic rings. The molecule has 1 heterocycles. The quantitative estimate of drug-likeness (QED) is 0.727. The SMILES string of the molecule is COc1cc(C2NC(=S)N(C3CC3)C(C)=C2C(=O)N(C)C)ccc1OC(F)F. The van der Waals surface area contributed by atoms with E-state index in [4.69, 9.17) is 17.0 Å². The molecule has 0 aromatic heterocycles. The van der Waals surface area contributed by atoms with Gasteiger partial charge >= 0.3 is 6.61 Å². The van der Waals surface area contributed by atoms with Crippen molar-refractivity contribution in [3.8, 4) is 11.5 Å². The van der Waals surface area contributed by atoms with Crippen molar-refractivity contribution in [2.45, 2.75) is 38.5 Å². The molecule has 3 rings (SSSR count). The minimum absolute atomic E-state index is 0.0690. The van der Waals surface area contributed by atoms with Crippen molar-refractivity contribution in [1.29, 1.82) is 0 Å². The number of rotatable bonds is 6. The normalized spacial score (nSPS) is 19.6. The monoisotopic (exact) mass is 411 g/mol. The smallest absolute Gasteiger partial charge is 0.387 e. The number of carbonyl (C=O) groups is 1. The van der Waals surface area contributed by atoms with Crippen molar-refractivity contribution >= 4 is 23.2 Å². The zero-order chi connectivity index (χ0) is 20.6. The maximum Gasteiger partial charge on any atom is 0.387 e. The van der Waals surface area contributed by atoms with E-state index >= 15 is 0 Å². The van der Waals surface area contributed by atoms with E-state index in [0.29, 0.717) is 22.3 Å². The summed E-state index contributed by atoms with van der Waals surface area (Å²) >= 11 is 5.55. The molecular weight excluding hydrogens is 388 g/mol. The van der Waals surface area contributed by atoms with Crippen molar-refractivity contribution in [3.05, 3.63) is 35.0 Å². The van der Waals surface area contributed by atoms with Gasteiger partial charge in [-0.3, -0.25) is 4.79 Å². The second-order valence-corrected chi connectivity index (χ2v) is 7.36. The number of halogens is 2. The van der Waals surface area contributed by atoms with Crippen molar-refractivity contribution in [3.63, 3.8) is 0 Å². The molecule has 1 atom stereocenters. The fraction of sp³-hybridized carbons (Fsp3) is 0.474. The number of benzene rings is 1. The number of nitrogens with zero attached hydrogens (tertiary/aromatic N) is 2. The van der Waals surface area contributed by atoms with Crippen molar-refractivity contribution in [2.75, 3.05) is 21.2 Å². The van der Waals surface area contributed by atoms with Gasteiger partial charge in [-0.15, -0.1) is 0 Å². The number of carbonyl (C=O) groups excluding carboxylic acids is 1. The number of methoxy groups -OCH3 is 1. The molecule has 1 amide bonds. The van der Waals surface area contributed by atoms with Gasteiger partial charge in [0.25, 0.3) is 5.91 Å². The largest absolute Gasteiger partial charge is 0.493 e. The highest BCUT2D eigenvalue weighted by molar-refractivity contribution is 7.80. The molecular formula is C19H23F2N3O3S. The molecule has 9 heteroatoms. The number of hydrogen-bond donors (Lipinski definition) is 1. The van der Waals surface area contributed by atoms with E-state index in [0.717, 1.165) is 18.5 Å². The van der Waals surface area contributed by atoms with Crippen molar-refractivity contribution < 1.29 is 23.0 Å². The first-order chi connectivity index (χ1) is 13.2. The summed E-state index contributed by atoms with van der Waals surface area (Å²) in [5, 5.41) is 3.79. The Morgan fingerprint density at radius 3 is 2.54 bits per heavy atom. The Morgan fingerprint density at radius 1 is 1.32 bits per heavy atom. The number of hydrogen-bond acceptors (Lipinski definition) is 4. The van der Waals surface area contributed by atoms with E-state index in [1.54, 1.807) is 26.2 Å². The van der Waals surface area contributed by atoms with Crippen LogP contribution in [0.5, 0.6) is 11.5 Å². The summed E-state index contributed by atoms with van der Waals surface area (Å²) in [5.74, 6) is -0.0556. The van der Waals surface area contributed by atoms with E-state index in [1.807, 2.05) is 11.8 Å². The third-order valence-corrected chi connectivity index (χ3v) is 5.13. The van der Waals surface area contributed by atoms with Crippen LogP contribution < -0.4 is 14.8 Å². The van der Waals surface area contributed by atoms with E-state index in [1.165, 1.54) is 18.1 Å². The highest BCUT2D eigenvalue weighted by Gasteiger charge is 2.40. The van der Waals surface area contributed by atoms with Crippen LogP contribution in [0.4, 0.5) is 8.78 Å². The molecule has 6 nitrogen and oxygen atoms in total. The number of allylic oxidation sites excluding steroid dienone is 1. The zero-order valence-corrected chi connectivity index (χ0v) is 17.0. The lowest BCUT2D eigenvalue weighted by molar-refractivity contribution is -0.125. The minimum atomic E-state index is -2.96. The molecule has 1 N–H and O–H groups in total. The second kappa shape index (κ2) is 7.90. The molecule has 0 spiro atoms. The van der Waals surface area contributed by atoms with Gasteiger partial charge in [0.2, 0.25) is 0 Å². The van der Waals surface area contributed by atoms with Crippen LogP contribution in [0, 0.1) is 0 Å². The molecule has 1 aliphatic carbocycles. The first-order valence-electron chi connectivity index (χ1n) is 8.89. The van der Waals surface area contributed by atoms with E-state index in [-0.39, 0.29) is 17.4 Å². The standard InChI is InChI=1S/C19H23F2N3O3S/c1-10-15(17(25)23(2)3)16(22-19(28)24(10)12-6-7-12)11-5-8-13(27-18(20)21)14(9-11)26-4/h5,8-9,12,16,18H,6-7H2,1-4H3,(H,22,28). The van der Waals surface area contributed by atoms with Crippen LogP contribution in [-0.2, 0) is 4.79 Å².